The average Bonchev–Trinajstić information content (AvgIpc) is 2.98. The normalized spacial score (nSPS) is 10.1. The van der Waals surface area contributed by atoms with Crippen LogP contribution in [0.5, 0.6) is 11.5 Å². The Morgan fingerprint density at radius 3 is 2.87 bits per heavy atom. The number of hydrogen-bond donors (Lipinski definition) is 2. The van der Waals surface area contributed by atoms with Crippen LogP contribution >= 0.6 is 0 Å². The second-order valence-corrected chi connectivity index (χ2v) is 4.55. The lowest BCUT2D eigenvalue weighted by atomic mass is 10.3. The van der Waals surface area contributed by atoms with Crippen molar-refractivity contribution in [3.63, 3.8) is 0 Å². The number of benzene rings is 1. The van der Waals surface area contributed by atoms with E-state index in [2.05, 4.69) is 15.6 Å². The molecule has 1 aromatic carbocycles. The van der Waals surface area contributed by atoms with Crippen molar-refractivity contribution in [1.29, 1.82) is 0 Å². The number of carbonyl (C=O) groups excluding carboxylic acids is 1. The van der Waals surface area contributed by atoms with Gasteiger partial charge in [0.2, 0.25) is 0 Å². The van der Waals surface area contributed by atoms with Crippen LogP contribution in [0.15, 0.2) is 30.5 Å². The summed E-state index contributed by atoms with van der Waals surface area (Å²) in [5, 5.41) is 18.6. The third kappa shape index (κ3) is 5.30. The topological polar surface area (TPSA) is 116 Å². The zero-order chi connectivity index (χ0) is 16.7. The number of nitrogens with one attached hydrogen (secondary N) is 1. The van der Waals surface area contributed by atoms with Gasteiger partial charge >= 0.3 is 5.97 Å². The summed E-state index contributed by atoms with van der Waals surface area (Å²) in [5.41, 5.74) is 0.459. The van der Waals surface area contributed by atoms with E-state index in [9.17, 15) is 9.59 Å². The van der Waals surface area contributed by atoms with Gasteiger partial charge in [-0.05, 0) is 12.1 Å². The summed E-state index contributed by atoms with van der Waals surface area (Å²) in [6.45, 7) is -0.295. The molecule has 0 bridgehead atoms. The first-order chi connectivity index (χ1) is 11.1. The van der Waals surface area contributed by atoms with Gasteiger partial charge in [-0.25, -0.2) is 4.68 Å². The van der Waals surface area contributed by atoms with Gasteiger partial charge in [0.1, 0.15) is 23.7 Å². The molecule has 0 aliphatic carbocycles. The van der Waals surface area contributed by atoms with E-state index in [0.29, 0.717) is 17.2 Å². The zero-order valence-electron chi connectivity index (χ0n) is 12.4. The van der Waals surface area contributed by atoms with Crippen LogP contribution in [0.3, 0.4) is 0 Å². The molecule has 9 heteroatoms. The number of aliphatic carboxylic acids is 1. The standard InChI is InChI=1S/C14H16N4O5/c1-22-11-3-2-4-12(5-11)23-9-13(19)15-6-10-7-18(17-16-10)8-14(20)21/h2-5,7H,6,8-9H2,1H3,(H,15,19)(H,20,21). The zero-order valence-corrected chi connectivity index (χ0v) is 12.4. The van der Waals surface area contributed by atoms with Gasteiger partial charge in [0.15, 0.2) is 6.61 Å². The summed E-state index contributed by atoms with van der Waals surface area (Å²) >= 11 is 0. The van der Waals surface area contributed by atoms with Gasteiger partial charge in [0.25, 0.3) is 5.91 Å². The monoisotopic (exact) mass is 320 g/mol. The van der Waals surface area contributed by atoms with Crippen LogP contribution in [0.25, 0.3) is 0 Å². The molecule has 9 nitrogen and oxygen atoms in total. The summed E-state index contributed by atoms with van der Waals surface area (Å²) in [6, 6.07) is 6.91. The molecule has 0 saturated carbocycles. The number of nitrogens with zero attached hydrogens (tertiary/aromatic N) is 3. The smallest absolute Gasteiger partial charge is 0.325 e. The highest BCUT2D eigenvalue weighted by Gasteiger charge is 2.07. The van der Waals surface area contributed by atoms with Gasteiger partial charge in [-0.3, -0.25) is 9.59 Å². The Morgan fingerprint density at radius 1 is 1.35 bits per heavy atom. The fourth-order valence-electron chi connectivity index (χ4n) is 1.72. The molecule has 1 amide bonds. The van der Waals surface area contributed by atoms with Crippen molar-refractivity contribution in [1.82, 2.24) is 20.3 Å². The number of ether oxygens (including phenoxy) is 2. The first kappa shape index (κ1) is 16.3. The molecule has 1 aromatic heterocycles. The minimum atomic E-state index is -1.02. The number of carboxylic acids is 1. The van der Waals surface area contributed by atoms with E-state index in [1.165, 1.54) is 10.9 Å². The molecule has 0 radical (unpaired) electrons. The predicted octanol–water partition coefficient (Wildman–Crippen LogP) is 0.0665. The molecule has 23 heavy (non-hydrogen) atoms. The lowest BCUT2D eigenvalue weighted by Gasteiger charge is -2.07. The molecule has 122 valence electrons. The molecular formula is C14H16N4O5. The highest BCUT2D eigenvalue weighted by molar-refractivity contribution is 5.77. The summed E-state index contributed by atoms with van der Waals surface area (Å²) in [5.74, 6) is -0.192. The lowest BCUT2D eigenvalue weighted by molar-refractivity contribution is -0.138. The minimum absolute atomic E-state index is 0.139. The summed E-state index contributed by atoms with van der Waals surface area (Å²) < 4.78 is 11.6. The third-order valence-electron chi connectivity index (χ3n) is 2.76. The second-order valence-electron chi connectivity index (χ2n) is 4.55. The Morgan fingerprint density at radius 2 is 2.13 bits per heavy atom. The van der Waals surface area contributed by atoms with Crippen LogP contribution in [0.4, 0.5) is 0 Å². The van der Waals surface area contributed by atoms with E-state index in [1.807, 2.05) is 0 Å². The van der Waals surface area contributed by atoms with Crippen molar-refractivity contribution in [3.8, 4) is 11.5 Å². The highest BCUT2D eigenvalue weighted by atomic mass is 16.5. The Labute approximate surface area is 131 Å². The Bertz CT molecular complexity index is 685. The minimum Gasteiger partial charge on any atom is -0.497 e. The maximum absolute atomic E-state index is 11.7. The Hall–Kier alpha value is -3.10. The molecule has 0 unspecified atom stereocenters. The van der Waals surface area contributed by atoms with Crippen molar-refractivity contribution < 1.29 is 24.2 Å². The highest BCUT2D eigenvalue weighted by Crippen LogP contribution is 2.18. The Kier molecular flexibility index (Phi) is 5.50. The van der Waals surface area contributed by atoms with E-state index in [-0.39, 0.29) is 25.6 Å². The second kappa shape index (κ2) is 7.78. The number of carboxylic acid groups (broad SMARTS) is 1. The molecule has 0 spiro atoms. The summed E-state index contributed by atoms with van der Waals surface area (Å²) in [4.78, 5) is 22.2. The van der Waals surface area contributed by atoms with E-state index < -0.39 is 5.97 Å². The van der Waals surface area contributed by atoms with Gasteiger partial charge in [0, 0.05) is 6.07 Å². The van der Waals surface area contributed by atoms with Gasteiger partial charge in [-0.1, -0.05) is 11.3 Å². The van der Waals surface area contributed by atoms with E-state index >= 15 is 0 Å². The first-order valence-corrected chi connectivity index (χ1v) is 6.71. The summed E-state index contributed by atoms with van der Waals surface area (Å²) in [6.07, 6.45) is 1.46. The van der Waals surface area contributed by atoms with Crippen LogP contribution in [-0.2, 0) is 22.7 Å². The van der Waals surface area contributed by atoms with Crippen molar-refractivity contribution in [2.24, 2.45) is 0 Å². The van der Waals surface area contributed by atoms with Crippen molar-refractivity contribution in [3.05, 3.63) is 36.2 Å². The molecule has 0 atom stereocenters. The van der Waals surface area contributed by atoms with Crippen molar-refractivity contribution in [2.45, 2.75) is 13.1 Å². The quantitative estimate of drug-likeness (QED) is 0.707. The number of rotatable bonds is 8. The van der Waals surface area contributed by atoms with Crippen LogP contribution in [-0.4, -0.2) is 45.7 Å². The Balaban J connectivity index is 1.76. The van der Waals surface area contributed by atoms with Crippen LogP contribution < -0.4 is 14.8 Å². The molecule has 2 aromatic rings. The number of amides is 1. The first-order valence-electron chi connectivity index (χ1n) is 6.71. The maximum atomic E-state index is 11.7. The molecule has 0 saturated heterocycles. The van der Waals surface area contributed by atoms with Crippen molar-refractivity contribution in [2.75, 3.05) is 13.7 Å². The molecule has 0 aliphatic heterocycles. The van der Waals surface area contributed by atoms with Crippen LogP contribution in [0, 0.1) is 0 Å². The molecule has 0 aliphatic rings. The van der Waals surface area contributed by atoms with Crippen molar-refractivity contribution >= 4 is 11.9 Å². The molecule has 2 rings (SSSR count). The van der Waals surface area contributed by atoms with Gasteiger partial charge in [0.05, 0.1) is 19.9 Å². The average molecular weight is 320 g/mol. The maximum Gasteiger partial charge on any atom is 0.325 e. The van der Waals surface area contributed by atoms with E-state index in [0.717, 1.165) is 0 Å². The number of methoxy groups -OCH3 is 1. The molecule has 0 fully saturated rings. The van der Waals surface area contributed by atoms with E-state index in [4.69, 9.17) is 14.6 Å². The molecule has 2 N–H and O–H groups in total. The SMILES string of the molecule is COc1cccc(OCC(=O)NCc2cn(CC(=O)O)nn2)c1. The third-order valence-corrected chi connectivity index (χ3v) is 2.76. The van der Waals surface area contributed by atoms with Crippen LogP contribution in [0.2, 0.25) is 0 Å². The lowest BCUT2D eigenvalue weighted by Crippen LogP contribution is -2.28. The largest absolute Gasteiger partial charge is 0.497 e. The number of hydrogen-bond acceptors (Lipinski definition) is 6. The fourth-order valence-corrected chi connectivity index (χ4v) is 1.72. The number of aromatic nitrogens is 3. The van der Waals surface area contributed by atoms with Crippen LogP contribution in [0.1, 0.15) is 5.69 Å². The van der Waals surface area contributed by atoms with Gasteiger partial charge < -0.3 is 19.9 Å². The number of carbonyl (C=O) groups is 2. The van der Waals surface area contributed by atoms with Gasteiger partial charge in [-0.15, -0.1) is 5.10 Å². The fraction of sp³-hybridized carbons (Fsp3) is 0.286. The summed E-state index contributed by atoms with van der Waals surface area (Å²) in [7, 11) is 1.54. The molecular weight excluding hydrogens is 304 g/mol. The van der Waals surface area contributed by atoms with Gasteiger partial charge in [-0.2, -0.15) is 0 Å². The molecule has 1 heterocycles. The van der Waals surface area contributed by atoms with E-state index in [1.54, 1.807) is 31.4 Å². The predicted molar refractivity (Wildman–Crippen MR) is 78.0 cm³/mol.